The first kappa shape index (κ1) is 8.94. The zero-order chi connectivity index (χ0) is 8.81. The van der Waals surface area contributed by atoms with Crippen molar-refractivity contribution in [3.8, 4) is 0 Å². The van der Waals surface area contributed by atoms with E-state index in [2.05, 4.69) is 18.0 Å². The predicted molar refractivity (Wildman–Crippen MR) is 51.5 cm³/mol. The van der Waals surface area contributed by atoms with E-state index < -0.39 is 0 Å². The zero-order valence-electron chi connectivity index (χ0n) is 7.27. The summed E-state index contributed by atoms with van der Waals surface area (Å²) >= 11 is 0. The van der Waals surface area contributed by atoms with E-state index in [-0.39, 0.29) is 0 Å². The van der Waals surface area contributed by atoms with E-state index in [1.807, 2.05) is 24.4 Å². The van der Waals surface area contributed by atoms with Crippen molar-refractivity contribution in [2.24, 2.45) is 11.7 Å². The topological polar surface area (TPSA) is 38.9 Å². The number of hydrogen-bond acceptors (Lipinski definition) is 2. The van der Waals surface area contributed by atoms with Gasteiger partial charge in [0.25, 0.3) is 0 Å². The Morgan fingerprint density at radius 2 is 2.50 bits per heavy atom. The van der Waals surface area contributed by atoms with Gasteiger partial charge in [-0.25, -0.2) is 0 Å². The highest BCUT2D eigenvalue weighted by molar-refractivity contribution is 5.47. The van der Waals surface area contributed by atoms with Gasteiger partial charge >= 0.3 is 0 Å². The Labute approximate surface area is 73.1 Å². The molecule has 0 saturated carbocycles. The third-order valence-electron chi connectivity index (χ3n) is 1.67. The van der Waals surface area contributed by atoms with Crippen molar-refractivity contribution in [2.75, 3.05) is 6.54 Å². The number of rotatable bonds is 3. The molecule has 1 heterocycles. The Morgan fingerprint density at radius 3 is 3.08 bits per heavy atom. The first-order chi connectivity index (χ1) is 5.83. The van der Waals surface area contributed by atoms with E-state index in [1.165, 1.54) is 0 Å². The minimum Gasteiger partial charge on any atom is -0.330 e. The predicted octanol–water partition coefficient (Wildman–Crippen LogP) is 1.69. The van der Waals surface area contributed by atoms with Gasteiger partial charge in [-0.15, -0.1) is 0 Å². The molecule has 1 rings (SSSR count). The molecule has 0 amide bonds. The second kappa shape index (κ2) is 4.67. The maximum absolute atomic E-state index is 5.47. The van der Waals surface area contributed by atoms with E-state index in [0.717, 1.165) is 5.56 Å². The molecule has 12 heavy (non-hydrogen) atoms. The Kier molecular flexibility index (Phi) is 3.48. The third-order valence-corrected chi connectivity index (χ3v) is 1.67. The van der Waals surface area contributed by atoms with E-state index >= 15 is 0 Å². The maximum Gasteiger partial charge on any atom is 0.0340 e. The molecule has 0 aliphatic rings. The third kappa shape index (κ3) is 2.84. The van der Waals surface area contributed by atoms with E-state index in [0.29, 0.717) is 12.5 Å². The fourth-order valence-electron chi connectivity index (χ4n) is 0.829. The summed E-state index contributed by atoms with van der Waals surface area (Å²) in [6.45, 7) is 2.78. The summed E-state index contributed by atoms with van der Waals surface area (Å²) < 4.78 is 0. The van der Waals surface area contributed by atoms with Crippen LogP contribution < -0.4 is 5.73 Å². The van der Waals surface area contributed by atoms with Crippen molar-refractivity contribution in [1.29, 1.82) is 0 Å². The molecule has 1 aromatic rings. The highest BCUT2D eigenvalue weighted by Crippen LogP contribution is 2.02. The van der Waals surface area contributed by atoms with Crippen LogP contribution in [0.15, 0.2) is 30.6 Å². The Hall–Kier alpha value is -1.15. The number of hydrogen-bond donors (Lipinski definition) is 1. The van der Waals surface area contributed by atoms with Crippen LogP contribution in [0.2, 0.25) is 0 Å². The molecule has 64 valence electrons. The molecule has 0 aliphatic carbocycles. The lowest BCUT2D eigenvalue weighted by molar-refractivity contribution is 0.743. The van der Waals surface area contributed by atoms with Gasteiger partial charge in [0.2, 0.25) is 0 Å². The smallest absolute Gasteiger partial charge is 0.0340 e. The molecule has 1 unspecified atom stereocenters. The second-order valence-electron chi connectivity index (χ2n) is 2.86. The summed E-state index contributed by atoms with van der Waals surface area (Å²) in [5.41, 5.74) is 6.59. The van der Waals surface area contributed by atoms with Crippen LogP contribution in [0.4, 0.5) is 0 Å². The quantitative estimate of drug-likeness (QED) is 0.734. The second-order valence-corrected chi connectivity index (χ2v) is 2.86. The highest BCUT2D eigenvalue weighted by Gasteiger charge is 1.90. The van der Waals surface area contributed by atoms with Gasteiger partial charge in [0.1, 0.15) is 0 Å². The lowest BCUT2D eigenvalue weighted by Gasteiger charge is -1.98. The number of nitrogens with zero attached hydrogens (tertiary/aromatic N) is 1. The van der Waals surface area contributed by atoms with Crippen molar-refractivity contribution in [2.45, 2.75) is 6.92 Å². The van der Waals surface area contributed by atoms with E-state index in [9.17, 15) is 0 Å². The number of aromatic nitrogens is 1. The number of nitrogens with two attached hydrogens (primary N) is 1. The molecule has 0 radical (unpaired) electrons. The van der Waals surface area contributed by atoms with Crippen molar-refractivity contribution in [3.63, 3.8) is 0 Å². The van der Waals surface area contributed by atoms with Crippen molar-refractivity contribution < 1.29 is 0 Å². The minimum absolute atomic E-state index is 0.435. The summed E-state index contributed by atoms with van der Waals surface area (Å²) in [7, 11) is 0. The van der Waals surface area contributed by atoms with Gasteiger partial charge < -0.3 is 5.73 Å². The largest absolute Gasteiger partial charge is 0.330 e. The summed E-state index contributed by atoms with van der Waals surface area (Å²) in [6.07, 6.45) is 7.74. The molecule has 0 aromatic carbocycles. The fraction of sp³-hybridized carbons (Fsp3) is 0.300. The molecule has 0 bridgehead atoms. The molecule has 0 saturated heterocycles. The molecule has 0 spiro atoms. The summed E-state index contributed by atoms with van der Waals surface area (Å²) in [6, 6.07) is 3.94. The van der Waals surface area contributed by atoms with Crippen LogP contribution >= 0.6 is 0 Å². The van der Waals surface area contributed by atoms with Crippen LogP contribution in [0.1, 0.15) is 12.5 Å². The van der Waals surface area contributed by atoms with Crippen LogP contribution in [0.3, 0.4) is 0 Å². The van der Waals surface area contributed by atoms with Crippen LogP contribution in [0.5, 0.6) is 0 Å². The Balaban J connectivity index is 2.58. The van der Waals surface area contributed by atoms with Gasteiger partial charge in [0.15, 0.2) is 0 Å². The van der Waals surface area contributed by atoms with E-state index in [4.69, 9.17) is 5.73 Å². The molecular weight excluding hydrogens is 148 g/mol. The van der Waals surface area contributed by atoms with Gasteiger partial charge in [-0.2, -0.15) is 0 Å². The molecule has 0 aliphatic heterocycles. The van der Waals surface area contributed by atoms with Gasteiger partial charge in [0.05, 0.1) is 0 Å². The van der Waals surface area contributed by atoms with Crippen LogP contribution in [-0.2, 0) is 0 Å². The highest BCUT2D eigenvalue weighted by atomic mass is 14.6. The van der Waals surface area contributed by atoms with Crippen LogP contribution in [0.25, 0.3) is 6.08 Å². The van der Waals surface area contributed by atoms with Crippen molar-refractivity contribution in [1.82, 2.24) is 4.98 Å². The average molecular weight is 162 g/mol. The molecular formula is C10H14N2. The lowest BCUT2D eigenvalue weighted by atomic mass is 10.1. The first-order valence-corrected chi connectivity index (χ1v) is 4.11. The lowest BCUT2D eigenvalue weighted by Crippen LogP contribution is -2.07. The van der Waals surface area contributed by atoms with Gasteiger partial charge in [-0.1, -0.05) is 25.1 Å². The SMILES string of the molecule is CC(C=Cc1cccnc1)CN. The molecule has 1 aromatic heterocycles. The van der Waals surface area contributed by atoms with Crippen molar-refractivity contribution in [3.05, 3.63) is 36.2 Å². The normalized spacial score (nSPS) is 13.5. The standard InChI is InChI=1S/C10H14N2/c1-9(7-11)4-5-10-3-2-6-12-8-10/h2-6,8-9H,7,11H2,1H3. The minimum atomic E-state index is 0.435. The van der Waals surface area contributed by atoms with Gasteiger partial charge in [-0.3, -0.25) is 4.98 Å². The van der Waals surface area contributed by atoms with Gasteiger partial charge in [-0.05, 0) is 24.1 Å². The molecule has 2 heteroatoms. The van der Waals surface area contributed by atoms with Gasteiger partial charge in [0, 0.05) is 12.4 Å². The average Bonchev–Trinajstić information content (AvgIpc) is 2.16. The van der Waals surface area contributed by atoms with Crippen LogP contribution in [0, 0.1) is 5.92 Å². The summed E-state index contributed by atoms with van der Waals surface area (Å²) in [5, 5.41) is 0. The maximum atomic E-state index is 5.47. The van der Waals surface area contributed by atoms with E-state index in [1.54, 1.807) is 6.20 Å². The molecule has 2 nitrogen and oxygen atoms in total. The molecule has 0 fully saturated rings. The molecule has 1 atom stereocenters. The number of pyridine rings is 1. The first-order valence-electron chi connectivity index (χ1n) is 4.11. The van der Waals surface area contributed by atoms with Crippen LogP contribution in [-0.4, -0.2) is 11.5 Å². The Morgan fingerprint density at radius 1 is 1.67 bits per heavy atom. The zero-order valence-corrected chi connectivity index (χ0v) is 7.27. The van der Waals surface area contributed by atoms with Crippen molar-refractivity contribution >= 4 is 6.08 Å². The Bertz CT molecular complexity index is 241. The summed E-state index contributed by atoms with van der Waals surface area (Å²) in [4.78, 5) is 4.01. The molecule has 2 N–H and O–H groups in total. The fourth-order valence-corrected chi connectivity index (χ4v) is 0.829. The summed E-state index contributed by atoms with van der Waals surface area (Å²) in [5.74, 6) is 0.435. The monoisotopic (exact) mass is 162 g/mol.